The number of aliphatic hydroxyl groups is 2. The molecule has 0 aliphatic heterocycles. The minimum absolute atomic E-state index is 0.330. The van der Waals surface area contributed by atoms with Crippen LogP contribution in [0.1, 0.15) is 26.3 Å². The van der Waals surface area contributed by atoms with Crippen molar-refractivity contribution in [3.8, 4) is 5.75 Å². The standard InChI is InChI=1S/C14H21BrO3/c1-14(2,3)13(17)11(16)8-9-5-6-12(18-4)10(15)7-9/h5-7,11,13,16-17H,8H2,1-4H3. The molecule has 0 bridgehead atoms. The van der Waals surface area contributed by atoms with Crippen LogP contribution in [0.4, 0.5) is 0 Å². The smallest absolute Gasteiger partial charge is 0.133 e. The third kappa shape index (κ3) is 3.97. The predicted molar refractivity (Wildman–Crippen MR) is 75.9 cm³/mol. The quantitative estimate of drug-likeness (QED) is 0.898. The zero-order valence-corrected chi connectivity index (χ0v) is 12.9. The highest BCUT2D eigenvalue weighted by Gasteiger charge is 2.29. The van der Waals surface area contributed by atoms with Crippen molar-refractivity contribution in [1.29, 1.82) is 0 Å². The van der Waals surface area contributed by atoms with Gasteiger partial charge < -0.3 is 14.9 Å². The van der Waals surface area contributed by atoms with E-state index in [0.29, 0.717) is 6.42 Å². The largest absolute Gasteiger partial charge is 0.496 e. The van der Waals surface area contributed by atoms with Gasteiger partial charge in [-0.2, -0.15) is 0 Å². The molecule has 102 valence electrons. The zero-order chi connectivity index (χ0) is 13.9. The minimum Gasteiger partial charge on any atom is -0.496 e. The first-order chi connectivity index (χ1) is 8.25. The van der Waals surface area contributed by atoms with E-state index in [9.17, 15) is 10.2 Å². The molecule has 0 amide bonds. The molecular formula is C14H21BrO3. The fourth-order valence-corrected chi connectivity index (χ4v) is 2.36. The van der Waals surface area contributed by atoms with Crippen LogP contribution in [-0.2, 0) is 6.42 Å². The highest BCUT2D eigenvalue weighted by Crippen LogP contribution is 2.28. The number of halogens is 1. The second-order valence-electron chi connectivity index (χ2n) is 5.55. The highest BCUT2D eigenvalue weighted by atomic mass is 79.9. The van der Waals surface area contributed by atoms with E-state index in [-0.39, 0.29) is 5.41 Å². The molecular weight excluding hydrogens is 296 g/mol. The summed E-state index contributed by atoms with van der Waals surface area (Å²) in [6.45, 7) is 5.72. The lowest BCUT2D eigenvalue weighted by molar-refractivity contribution is -0.0434. The first kappa shape index (κ1) is 15.5. The van der Waals surface area contributed by atoms with E-state index in [1.54, 1.807) is 7.11 Å². The first-order valence-electron chi connectivity index (χ1n) is 5.94. The lowest BCUT2D eigenvalue weighted by atomic mass is 9.84. The Morgan fingerprint density at radius 2 is 1.89 bits per heavy atom. The summed E-state index contributed by atoms with van der Waals surface area (Å²) in [5, 5.41) is 20.0. The summed E-state index contributed by atoms with van der Waals surface area (Å²) in [7, 11) is 1.61. The maximum Gasteiger partial charge on any atom is 0.133 e. The number of benzene rings is 1. The third-order valence-corrected chi connectivity index (χ3v) is 3.53. The van der Waals surface area contributed by atoms with Crippen LogP contribution in [-0.4, -0.2) is 29.5 Å². The van der Waals surface area contributed by atoms with Gasteiger partial charge in [-0.3, -0.25) is 0 Å². The summed E-state index contributed by atoms with van der Waals surface area (Å²) in [4.78, 5) is 0. The molecule has 4 heteroatoms. The van der Waals surface area contributed by atoms with Crippen molar-refractivity contribution in [2.75, 3.05) is 7.11 Å². The molecule has 2 unspecified atom stereocenters. The summed E-state index contributed by atoms with van der Waals surface area (Å²) in [5.41, 5.74) is 0.627. The molecule has 0 fully saturated rings. The SMILES string of the molecule is COc1ccc(CC(O)C(O)C(C)(C)C)cc1Br. The number of ether oxygens (including phenoxy) is 1. The average Bonchev–Trinajstić information content (AvgIpc) is 2.27. The maximum absolute atomic E-state index is 10.0. The molecule has 1 aromatic rings. The number of hydrogen-bond acceptors (Lipinski definition) is 3. The van der Waals surface area contributed by atoms with Crippen molar-refractivity contribution in [3.63, 3.8) is 0 Å². The summed E-state index contributed by atoms with van der Waals surface area (Å²) in [5.74, 6) is 0.754. The number of hydrogen-bond donors (Lipinski definition) is 2. The van der Waals surface area contributed by atoms with Crippen molar-refractivity contribution in [3.05, 3.63) is 28.2 Å². The Morgan fingerprint density at radius 1 is 1.28 bits per heavy atom. The topological polar surface area (TPSA) is 49.7 Å². The van der Waals surface area contributed by atoms with Crippen molar-refractivity contribution < 1.29 is 14.9 Å². The number of methoxy groups -OCH3 is 1. The third-order valence-electron chi connectivity index (χ3n) is 2.91. The Balaban J connectivity index is 2.76. The summed E-state index contributed by atoms with van der Waals surface area (Å²) >= 11 is 3.40. The molecule has 18 heavy (non-hydrogen) atoms. The average molecular weight is 317 g/mol. The molecule has 0 heterocycles. The molecule has 0 aliphatic rings. The van der Waals surface area contributed by atoms with Gasteiger partial charge in [0.05, 0.1) is 23.8 Å². The van der Waals surface area contributed by atoms with Gasteiger partial charge in [-0.05, 0) is 39.0 Å². The van der Waals surface area contributed by atoms with Gasteiger partial charge in [0, 0.05) is 6.42 Å². The maximum atomic E-state index is 10.0. The van der Waals surface area contributed by atoms with E-state index in [1.807, 2.05) is 39.0 Å². The van der Waals surface area contributed by atoms with Crippen molar-refractivity contribution in [2.45, 2.75) is 39.4 Å². The number of aliphatic hydroxyl groups excluding tert-OH is 2. The lowest BCUT2D eigenvalue weighted by Crippen LogP contribution is -2.38. The molecule has 0 radical (unpaired) electrons. The Labute approximate surface area is 117 Å². The van der Waals surface area contributed by atoms with E-state index in [0.717, 1.165) is 15.8 Å². The Bertz CT molecular complexity index is 399. The van der Waals surface area contributed by atoms with Crippen LogP contribution in [0.25, 0.3) is 0 Å². The Morgan fingerprint density at radius 3 is 2.33 bits per heavy atom. The molecule has 0 saturated carbocycles. The van der Waals surface area contributed by atoms with Crippen molar-refractivity contribution >= 4 is 15.9 Å². The van der Waals surface area contributed by atoms with Crippen LogP contribution in [0.2, 0.25) is 0 Å². The van der Waals surface area contributed by atoms with E-state index in [2.05, 4.69) is 15.9 Å². The highest BCUT2D eigenvalue weighted by molar-refractivity contribution is 9.10. The molecule has 0 aliphatic carbocycles. The summed E-state index contributed by atoms with van der Waals surface area (Å²) in [6.07, 6.45) is -1.11. The van der Waals surface area contributed by atoms with Crippen LogP contribution in [0, 0.1) is 5.41 Å². The van der Waals surface area contributed by atoms with Crippen molar-refractivity contribution in [1.82, 2.24) is 0 Å². The van der Waals surface area contributed by atoms with Crippen LogP contribution in [0.15, 0.2) is 22.7 Å². The Kier molecular flexibility index (Phi) is 5.20. The van der Waals surface area contributed by atoms with E-state index < -0.39 is 12.2 Å². The van der Waals surface area contributed by atoms with Gasteiger partial charge in [-0.1, -0.05) is 26.8 Å². The molecule has 1 aromatic carbocycles. The molecule has 2 atom stereocenters. The molecule has 2 N–H and O–H groups in total. The van der Waals surface area contributed by atoms with Crippen LogP contribution < -0.4 is 4.74 Å². The van der Waals surface area contributed by atoms with Crippen LogP contribution in [0.5, 0.6) is 5.75 Å². The molecule has 1 rings (SSSR count). The monoisotopic (exact) mass is 316 g/mol. The van der Waals surface area contributed by atoms with Gasteiger partial charge in [0.15, 0.2) is 0 Å². The lowest BCUT2D eigenvalue weighted by Gasteiger charge is -2.30. The van der Waals surface area contributed by atoms with Gasteiger partial charge in [-0.15, -0.1) is 0 Å². The van der Waals surface area contributed by atoms with E-state index in [4.69, 9.17) is 4.74 Å². The van der Waals surface area contributed by atoms with Crippen LogP contribution >= 0.6 is 15.9 Å². The fourth-order valence-electron chi connectivity index (χ4n) is 1.77. The fraction of sp³-hybridized carbons (Fsp3) is 0.571. The predicted octanol–water partition coefficient (Wildman–Crippen LogP) is 2.77. The first-order valence-corrected chi connectivity index (χ1v) is 6.73. The van der Waals surface area contributed by atoms with E-state index >= 15 is 0 Å². The van der Waals surface area contributed by atoms with Crippen LogP contribution in [0.3, 0.4) is 0 Å². The second kappa shape index (κ2) is 6.04. The number of rotatable bonds is 4. The normalized spacial score (nSPS) is 15.3. The van der Waals surface area contributed by atoms with Crippen molar-refractivity contribution in [2.24, 2.45) is 5.41 Å². The van der Waals surface area contributed by atoms with Gasteiger partial charge in [0.25, 0.3) is 0 Å². The molecule has 3 nitrogen and oxygen atoms in total. The summed E-state index contributed by atoms with van der Waals surface area (Å²) in [6, 6.07) is 5.63. The molecule has 0 aromatic heterocycles. The Hall–Kier alpha value is -0.580. The van der Waals surface area contributed by atoms with Gasteiger partial charge >= 0.3 is 0 Å². The summed E-state index contributed by atoms with van der Waals surface area (Å²) < 4.78 is 6.00. The van der Waals surface area contributed by atoms with Gasteiger partial charge in [0.2, 0.25) is 0 Å². The van der Waals surface area contributed by atoms with Gasteiger partial charge in [0.1, 0.15) is 5.75 Å². The minimum atomic E-state index is -0.773. The van der Waals surface area contributed by atoms with E-state index in [1.165, 1.54) is 0 Å². The molecule has 0 spiro atoms. The van der Waals surface area contributed by atoms with Gasteiger partial charge in [-0.25, -0.2) is 0 Å². The second-order valence-corrected chi connectivity index (χ2v) is 6.41. The zero-order valence-electron chi connectivity index (χ0n) is 11.3. The molecule has 0 saturated heterocycles.